The summed E-state index contributed by atoms with van der Waals surface area (Å²) in [5.74, 6) is -0.0159. The summed E-state index contributed by atoms with van der Waals surface area (Å²) in [6.07, 6.45) is -3.89. The molecule has 0 spiro atoms. The number of hydrogen-bond donors (Lipinski definition) is 4. The molecule has 1 aliphatic rings. The van der Waals surface area contributed by atoms with E-state index in [4.69, 9.17) is 16.2 Å². The molecule has 6 N–H and O–H groups in total. The van der Waals surface area contributed by atoms with Crippen molar-refractivity contribution in [3.8, 4) is 0 Å². The summed E-state index contributed by atoms with van der Waals surface area (Å²) in [4.78, 5) is 15.3. The minimum absolute atomic E-state index is 0.0159. The van der Waals surface area contributed by atoms with Gasteiger partial charge in [-0.15, -0.1) is 0 Å². The molecule has 1 fully saturated rings. The maximum absolute atomic E-state index is 14.4. The zero-order valence-electron chi connectivity index (χ0n) is 11.7. The Balaban J connectivity index is 2.47. The van der Waals surface area contributed by atoms with Crippen molar-refractivity contribution >= 4 is 21.5 Å². The number of ether oxygens (including phenoxy) is 1. The second kappa shape index (κ2) is 5.09. The lowest BCUT2D eigenvalue weighted by Crippen LogP contribution is -2.65. The monoisotopic (exact) mass is 298 g/mol. The maximum Gasteiger partial charge on any atom is 0.351 e. The van der Waals surface area contributed by atoms with Crippen LogP contribution in [0, 0.1) is 0 Å². The van der Waals surface area contributed by atoms with Crippen LogP contribution < -0.4 is 17.2 Å². The van der Waals surface area contributed by atoms with Crippen LogP contribution in [0.2, 0.25) is 0 Å². The van der Waals surface area contributed by atoms with Gasteiger partial charge in [0.05, 0.1) is 0 Å². The van der Waals surface area contributed by atoms with E-state index in [0.29, 0.717) is 0 Å². The molecule has 1 saturated heterocycles. The number of nitrogens with zero attached hydrogens (tertiary/aromatic N) is 2. The molecule has 11 heteroatoms. The fraction of sp³-hybridized carbons (Fsp3) is 0.600. The number of aromatic nitrogens is 2. The topological polar surface area (TPSA) is 137 Å². The van der Waals surface area contributed by atoms with Crippen molar-refractivity contribution in [1.82, 2.24) is 9.55 Å². The number of aliphatic hydroxyl groups is 2. The highest BCUT2D eigenvalue weighted by Gasteiger charge is 2.61. The second-order valence-corrected chi connectivity index (χ2v) is 5.59. The van der Waals surface area contributed by atoms with Crippen LogP contribution in [0.25, 0.3) is 0 Å². The molecule has 0 amide bonds. The highest BCUT2D eigenvalue weighted by atomic mass is 19.1. The van der Waals surface area contributed by atoms with Gasteiger partial charge in [-0.25, -0.2) is 9.18 Å². The quantitative estimate of drug-likeness (QED) is 0.414. The number of anilines is 1. The van der Waals surface area contributed by atoms with Gasteiger partial charge < -0.3 is 26.4 Å². The molecule has 2 heterocycles. The van der Waals surface area contributed by atoms with Crippen LogP contribution in [0.3, 0.4) is 0 Å². The molecule has 21 heavy (non-hydrogen) atoms. The van der Waals surface area contributed by atoms with E-state index in [1.807, 2.05) is 0 Å². The summed E-state index contributed by atoms with van der Waals surface area (Å²) in [5.41, 5.74) is 8.38. The molecule has 0 radical (unpaired) electrons. The molecule has 0 unspecified atom stereocenters. The number of halogens is 1. The number of hydrogen-bond acceptors (Lipinski definition) is 7. The molecule has 1 aromatic rings. The maximum atomic E-state index is 14.4. The van der Waals surface area contributed by atoms with Gasteiger partial charge in [0.2, 0.25) is 0 Å². The summed E-state index contributed by atoms with van der Waals surface area (Å²) < 4.78 is 20.7. The molecule has 4 atom stereocenters. The van der Waals surface area contributed by atoms with Gasteiger partial charge in [0.15, 0.2) is 12.4 Å². The third kappa shape index (κ3) is 2.35. The van der Waals surface area contributed by atoms with E-state index in [9.17, 15) is 19.4 Å². The molecule has 0 saturated carbocycles. The first-order chi connectivity index (χ1) is 9.64. The fourth-order valence-corrected chi connectivity index (χ4v) is 2.52. The molecule has 0 aromatic carbocycles. The molecular weight excluding hydrogens is 281 g/mol. The number of nitrogen functional groups attached to an aromatic ring is 1. The van der Waals surface area contributed by atoms with Crippen molar-refractivity contribution in [3.63, 3.8) is 0 Å². The highest BCUT2D eigenvalue weighted by Crippen LogP contribution is 2.42. The largest absolute Gasteiger partial charge is 0.405 e. The third-order valence-electron chi connectivity index (χ3n) is 3.85. The van der Waals surface area contributed by atoms with Crippen molar-refractivity contribution in [1.29, 1.82) is 0 Å². The first-order valence-corrected chi connectivity index (χ1v) is 6.41. The summed E-state index contributed by atoms with van der Waals surface area (Å²) in [6, 6.07) is 1.30. The molecule has 1 aromatic heterocycles. The third-order valence-corrected chi connectivity index (χ3v) is 3.85. The number of nitrogens with two attached hydrogens (primary N) is 2. The van der Waals surface area contributed by atoms with Crippen molar-refractivity contribution in [2.75, 3.05) is 12.3 Å². The van der Waals surface area contributed by atoms with Gasteiger partial charge >= 0.3 is 5.69 Å². The van der Waals surface area contributed by atoms with Crippen molar-refractivity contribution < 1.29 is 19.3 Å². The lowest BCUT2D eigenvalue weighted by atomic mass is 9.54. The molecule has 114 valence electrons. The summed E-state index contributed by atoms with van der Waals surface area (Å²) >= 11 is 0. The van der Waals surface area contributed by atoms with Crippen molar-refractivity contribution in [2.45, 2.75) is 29.5 Å². The Labute approximate surface area is 121 Å². The lowest BCUT2D eigenvalue weighted by molar-refractivity contribution is -0.149. The zero-order valence-corrected chi connectivity index (χ0v) is 11.7. The second-order valence-electron chi connectivity index (χ2n) is 5.59. The Morgan fingerprint density at radius 2 is 2.24 bits per heavy atom. The molecule has 8 nitrogen and oxygen atoms in total. The van der Waals surface area contributed by atoms with Gasteiger partial charge in [0.1, 0.15) is 33.2 Å². The standard InChI is InChI=1S/C10H17B2FN4O4/c11-10(12,20)9(3-14)6(18)5(13)7(21-9)17-2-1-4(15)16-8(17)19/h1-2,5-7,18,20H,3,11-12,14H2,(H2,15,16,19)/t5-,6+,7-,9+/m1/s1. The van der Waals surface area contributed by atoms with E-state index < -0.39 is 35.2 Å². The van der Waals surface area contributed by atoms with Crippen LogP contribution >= 0.6 is 0 Å². The average molecular weight is 298 g/mol. The van der Waals surface area contributed by atoms with E-state index in [1.165, 1.54) is 28.0 Å². The Morgan fingerprint density at radius 3 is 2.67 bits per heavy atom. The van der Waals surface area contributed by atoms with E-state index in [2.05, 4.69) is 4.98 Å². The normalized spacial score (nSPS) is 33.2. The van der Waals surface area contributed by atoms with E-state index in [0.717, 1.165) is 4.57 Å². The predicted molar refractivity (Wildman–Crippen MR) is 77.8 cm³/mol. The Morgan fingerprint density at radius 1 is 1.62 bits per heavy atom. The molecular formula is C10H17B2FN4O4. The van der Waals surface area contributed by atoms with Crippen LogP contribution in [0.15, 0.2) is 17.1 Å². The Kier molecular flexibility index (Phi) is 3.87. The average Bonchev–Trinajstić information content (AvgIpc) is 2.63. The summed E-state index contributed by atoms with van der Waals surface area (Å²) in [5, 5.41) is 18.7. The van der Waals surface area contributed by atoms with Crippen LogP contribution in [0.1, 0.15) is 6.23 Å². The summed E-state index contributed by atoms with van der Waals surface area (Å²) in [7, 11) is 2.70. The first kappa shape index (κ1) is 16.0. The number of alkyl halides is 1. The van der Waals surface area contributed by atoms with Gasteiger partial charge in [0.25, 0.3) is 0 Å². The van der Waals surface area contributed by atoms with Gasteiger partial charge in [-0.1, -0.05) is 0 Å². The minimum Gasteiger partial charge on any atom is -0.405 e. The predicted octanol–water partition coefficient (Wildman–Crippen LogP) is -4.34. The number of aliphatic hydroxyl groups excluding tert-OH is 1. The number of rotatable bonds is 3. The van der Waals surface area contributed by atoms with Gasteiger partial charge in [-0.2, -0.15) is 4.98 Å². The SMILES string of the molecule is BC(B)(O)[C@@]1(CN)O[C@@H](n2ccc(N)nc2=O)[C@H](F)[C@@H]1O. The molecule has 0 bridgehead atoms. The zero-order chi connectivity index (χ0) is 16.0. The smallest absolute Gasteiger partial charge is 0.351 e. The molecule has 2 rings (SSSR count). The van der Waals surface area contributed by atoms with Crippen molar-refractivity contribution in [2.24, 2.45) is 5.73 Å². The van der Waals surface area contributed by atoms with E-state index in [-0.39, 0.29) is 12.4 Å². The molecule has 0 aliphatic carbocycles. The first-order valence-electron chi connectivity index (χ1n) is 6.41. The van der Waals surface area contributed by atoms with Crippen LogP contribution in [-0.2, 0) is 4.74 Å². The van der Waals surface area contributed by atoms with Gasteiger partial charge in [0, 0.05) is 18.1 Å². The summed E-state index contributed by atoms with van der Waals surface area (Å²) in [6.45, 7) is -0.328. The van der Waals surface area contributed by atoms with Gasteiger partial charge in [-0.05, 0) is 6.07 Å². The van der Waals surface area contributed by atoms with E-state index in [1.54, 1.807) is 0 Å². The fourth-order valence-electron chi connectivity index (χ4n) is 2.52. The molecule has 1 aliphatic heterocycles. The van der Waals surface area contributed by atoms with Crippen LogP contribution in [0.4, 0.5) is 10.2 Å². The Bertz CT molecular complexity index is 595. The van der Waals surface area contributed by atoms with Crippen LogP contribution in [0.5, 0.6) is 0 Å². The van der Waals surface area contributed by atoms with Crippen molar-refractivity contribution in [3.05, 3.63) is 22.7 Å². The van der Waals surface area contributed by atoms with Crippen LogP contribution in [-0.4, -0.2) is 65.3 Å². The Hall–Kier alpha value is -1.42. The highest BCUT2D eigenvalue weighted by molar-refractivity contribution is 6.39. The van der Waals surface area contributed by atoms with Gasteiger partial charge in [-0.3, -0.25) is 4.57 Å². The lowest BCUT2D eigenvalue weighted by Gasteiger charge is -2.41. The minimum atomic E-state index is -1.96. The van der Waals surface area contributed by atoms with E-state index >= 15 is 0 Å².